The van der Waals surface area contributed by atoms with Gasteiger partial charge in [-0.15, -0.1) is 0 Å². The summed E-state index contributed by atoms with van der Waals surface area (Å²) in [6.45, 7) is 0. The minimum absolute atomic E-state index is 0.488. The molecule has 0 spiro atoms. The Morgan fingerprint density at radius 3 is 2.71 bits per heavy atom. The number of H-pyrrole nitrogens is 1. The number of hydrogen-bond acceptors (Lipinski definition) is 2. The van der Waals surface area contributed by atoms with E-state index < -0.39 is 11.6 Å². The minimum Gasteiger partial charge on any atom is -0.360 e. The summed E-state index contributed by atoms with van der Waals surface area (Å²) in [4.78, 5) is 3.36. The highest BCUT2D eigenvalue weighted by molar-refractivity contribution is 8.04. The van der Waals surface area contributed by atoms with Crippen molar-refractivity contribution in [3.63, 3.8) is 0 Å². The first kappa shape index (κ1) is 9.03. The van der Waals surface area contributed by atoms with Gasteiger partial charge in [0.25, 0.3) is 0 Å². The highest BCUT2D eigenvalue weighted by Gasteiger charge is 2.09. The zero-order valence-electron chi connectivity index (χ0n) is 6.84. The lowest BCUT2D eigenvalue weighted by molar-refractivity contribution is 0.510. The molecule has 1 heterocycles. The molecule has 0 saturated carbocycles. The van der Waals surface area contributed by atoms with Crippen LogP contribution in [0.2, 0.25) is 0 Å². The molecule has 14 heavy (non-hydrogen) atoms. The average molecular weight is 210 g/mol. The normalized spacial score (nSPS) is 10.4. The number of halogens is 2. The van der Waals surface area contributed by atoms with E-state index >= 15 is 0 Å². The molecular formula is C9H4F2N2S. The second kappa shape index (κ2) is 3.31. The molecule has 1 aromatic carbocycles. The van der Waals surface area contributed by atoms with E-state index in [2.05, 4.69) is 4.98 Å². The van der Waals surface area contributed by atoms with E-state index in [1.165, 1.54) is 0 Å². The standard InChI is InChI=1S/C9H4F2N2S/c10-6-1-5-8(2-7(6)11)13-3-9(5)14-4-12/h1-3,13H. The Hall–Kier alpha value is -1.54. The van der Waals surface area contributed by atoms with Gasteiger partial charge in [-0.1, -0.05) is 0 Å². The number of thiocyanates is 1. The zero-order chi connectivity index (χ0) is 10.1. The van der Waals surface area contributed by atoms with Gasteiger partial charge < -0.3 is 4.98 Å². The van der Waals surface area contributed by atoms with E-state index in [1.54, 1.807) is 6.20 Å². The van der Waals surface area contributed by atoms with E-state index in [0.717, 1.165) is 23.9 Å². The molecule has 0 radical (unpaired) electrons. The van der Waals surface area contributed by atoms with Crippen LogP contribution in [0.1, 0.15) is 0 Å². The van der Waals surface area contributed by atoms with Crippen molar-refractivity contribution in [3.8, 4) is 5.40 Å². The van der Waals surface area contributed by atoms with Gasteiger partial charge in [0.15, 0.2) is 11.6 Å². The molecule has 1 aromatic heterocycles. The van der Waals surface area contributed by atoms with Gasteiger partial charge in [0.05, 0.1) is 0 Å². The fourth-order valence-electron chi connectivity index (χ4n) is 1.22. The minimum atomic E-state index is -0.906. The Bertz CT molecular complexity index is 527. The molecule has 2 nitrogen and oxygen atoms in total. The van der Waals surface area contributed by atoms with Gasteiger partial charge in [0.2, 0.25) is 0 Å². The Morgan fingerprint density at radius 2 is 2.00 bits per heavy atom. The molecule has 0 aliphatic heterocycles. The lowest BCUT2D eigenvalue weighted by atomic mass is 10.2. The third kappa shape index (κ3) is 1.34. The summed E-state index contributed by atoms with van der Waals surface area (Å²) in [5.41, 5.74) is 0.488. The fraction of sp³-hybridized carbons (Fsp3) is 0. The maximum absolute atomic E-state index is 12.9. The largest absolute Gasteiger partial charge is 0.360 e. The van der Waals surface area contributed by atoms with Crippen LogP contribution >= 0.6 is 11.8 Å². The van der Waals surface area contributed by atoms with Crippen LogP contribution in [-0.4, -0.2) is 4.98 Å². The number of thioether (sulfide) groups is 1. The van der Waals surface area contributed by atoms with Crippen LogP contribution in [0.4, 0.5) is 8.78 Å². The first-order valence-electron chi connectivity index (χ1n) is 3.74. The maximum Gasteiger partial charge on any atom is 0.160 e. The Labute approximate surface area is 82.5 Å². The topological polar surface area (TPSA) is 39.6 Å². The summed E-state index contributed by atoms with van der Waals surface area (Å²) in [6.07, 6.45) is 1.55. The molecule has 2 aromatic rings. The third-order valence-corrected chi connectivity index (χ3v) is 2.49. The maximum atomic E-state index is 12.9. The number of fused-ring (bicyclic) bond motifs is 1. The number of benzene rings is 1. The second-order valence-electron chi connectivity index (χ2n) is 2.66. The van der Waals surface area contributed by atoms with Gasteiger partial charge in [-0.05, 0) is 17.8 Å². The van der Waals surface area contributed by atoms with Crippen molar-refractivity contribution in [2.24, 2.45) is 0 Å². The van der Waals surface area contributed by atoms with Crippen LogP contribution in [-0.2, 0) is 0 Å². The molecule has 1 N–H and O–H groups in total. The second-order valence-corrected chi connectivity index (χ2v) is 3.48. The first-order valence-corrected chi connectivity index (χ1v) is 4.56. The van der Waals surface area contributed by atoms with Gasteiger partial charge in [-0.3, -0.25) is 0 Å². The summed E-state index contributed by atoms with van der Waals surface area (Å²) in [6, 6.07) is 2.16. The molecule has 0 bridgehead atoms. The number of rotatable bonds is 1. The molecule has 0 atom stereocenters. The van der Waals surface area contributed by atoms with Crippen molar-refractivity contribution in [2.75, 3.05) is 0 Å². The SMILES string of the molecule is N#CSc1c[nH]c2cc(F)c(F)cc12. The van der Waals surface area contributed by atoms with Gasteiger partial charge in [0, 0.05) is 28.1 Å². The lowest BCUT2D eigenvalue weighted by Crippen LogP contribution is -1.82. The summed E-state index contributed by atoms with van der Waals surface area (Å²) < 4.78 is 25.6. The van der Waals surface area contributed by atoms with Gasteiger partial charge in [0.1, 0.15) is 5.40 Å². The smallest absolute Gasteiger partial charge is 0.160 e. The van der Waals surface area contributed by atoms with Crippen molar-refractivity contribution in [1.29, 1.82) is 5.26 Å². The number of nitrogens with one attached hydrogen (secondary N) is 1. The van der Waals surface area contributed by atoms with Crippen molar-refractivity contribution in [2.45, 2.75) is 4.90 Å². The Kier molecular flexibility index (Phi) is 2.14. The highest BCUT2D eigenvalue weighted by atomic mass is 32.2. The van der Waals surface area contributed by atoms with E-state index in [4.69, 9.17) is 5.26 Å². The molecule has 0 fully saturated rings. The van der Waals surface area contributed by atoms with Gasteiger partial charge >= 0.3 is 0 Å². The lowest BCUT2D eigenvalue weighted by Gasteiger charge is -1.94. The molecule has 0 aliphatic carbocycles. The molecule has 0 aliphatic rings. The molecule has 0 unspecified atom stereocenters. The van der Waals surface area contributed by atoms with Crippen molar-refractivity contribution in [3.05, 3.63) is 30.0 Å². The van der Waals surface area contributed by atoms with Crippen LogP contribution in [0, 0.1) is 22.3 Å². The van der Waals surface area contributed by atoms with Crippen LogP contribution in [0.5, 0.6) is 0 Å². The molecule has 0 amide bonds. The summed E-state index contributed by atoms with van der Waals surface area (Å²) in [5.74, 6) is -1.80. The van der Waals surface area contributed by atoms with E-state index in [9.17, 15) is 8.78 Å². The fourth-order valence-corrected chi connectivity index (χ4v) is 1.72. The van der Waals surface area contributed by atoms with E-state index in [0.29, 0.717) is 15.8 Å². The van der Waals surface area contributed by atoms with Crippen molar-refractivity contribution < 1.29 is 8.78 Å². The Morgan fingerprint density at radius 1 is 1.29 bits per heavy atom. The quantitative estimate of drug-likeness (QED) is 0.580. The molecule has 2 rings (SSSR count). The molecule has 70 valence electrons. The number of nitrogens with zero attached hydrogens (tertiary/aromatic N) is 1. The van der Waals surface area contributed by atoms with Crippen LogP contribution in [0.25, 0.3) is 10.9 Å². The number of aromatic amines is 1. The molecular weight excluding hydrogens is 206 g/mol. The monoisotopic (exact) mass is 210 g/mol. The van der Waals surface area contributed by atoms with E-state index in [1.807, 2.05) is 5.40 Å². The number of nitriles is 1. The first-order chi connectivity index (χ1) is 6.72. The number of hydrogen-bond donors (Lipinski definition) is 1. The molecule has 0 saturated heterocycles. The summed E-state index contributed by atoms with van der Waals surface area (Å²) in [7, 11) is 0. The summed E-state index contributed by atoms with van der Waals surface area (Å²) in [5, 5.41) is 10.9. The average Bonchev–Trinajstić information content (AvgIpc) is 2.51. The Balaban J connectivity index is 2.69. The van der Waals surface area contributed by atoms with Crippen LogP contribution in [0.3, 0.4) is 0 Å². The van der Waals surface area contributed by atoms with Crippen LogP contribution in [0.15, 0.2) is 23.2 Å². The van der Waals surface area contributed by atoms with Gasteiger partial charge in [-0.25, -0.2) is 8.78 Å². The van der Waals surface area contributed by atoms with Crippen molar-refractivity contribution >= 4 is 22.7 Å². The predicted octanol–water partition coefficient (Wildman–Crippen LogP) is 3.02. The van der Waals surface area contributed by atoms with Gasteiger partial charge in [-0.2, -0.15) is 5.26 Å². The summed E-state index contributed by atoms with van der Waals surface area (Å²) >= 11 is 0.911. The highest BCUT2D eigenvalue weighted by Crippen LogP contribution is 2.28. The van der Waals surface area contributed by atoms with E-state index in [-0.39, 0.29) is 0 Å². The zero-order valence-corrected chi connectivity index (χ0v) is 7.66. The van der Waals surface area contributed by atoms with Crippen LogP contribution < -0.4 is 0 Å². The third-order valence-electron chi connectivity index (χ3n) is 1.84. The van der Waals surface area contributed by atoms with Crippen molar-refractivity contribution in [1.82, 2.24) is 4.98 Å². The molecule has 5 heteroatoms. The predicted molar refractivity (Wildman–Crippen MR) is 49.7 cm³/mol. The number of aromatic nitrogens is 1.